The molecular weight excluding hydrogens is 428 g/mol. The van der Waals surface area contributed by atoms with Gasteiger partial charge in [-0.25, -0.2) is 4.98 Å². The summed E-state index contributed by atoms with van der Waals surface area (Å²) >= 11 is 0. The van der Waals surface area contributed by atoms with Crippen LogP contribution < -0.4 is 5.32 Å². The first-order valence-electron chi connectivity index (χ1n) is 12.1. The molecule has 1 aromatic carbocycles. The molecule has 0 bridgehead atoms. The van der Waals surface area contributed by atoms with E-state index in [1.165, 1.54) is 0 Å². The third kappa shape index (κ3) is 4.48. The lowest BCUT2D eigenvalue weighted by Gasteiger charge is -2.34. The lowest BCUT2D eigenvalue weighted by Crippen LogP contribution is -2.51. The number of carbonyl (C=O) groups excluding carboxylic acids is 2. The third-order valence-corrected chi connectivity index (χ3v) is 6.61. The van der Waals surface area contributed by atoms with Crippen LogP contribution in [0.5, 0.6) is 0 Å². The molecule has 7 nitrogen and oxygen atoms in total. The molecule has 0 spiro atoms. The maximum atomic E-state index is 13.8. The van der Waals surface area contributed by atoms with E-state index < -0.39 is 0 Å². The summed E-state index contributed by atoms with van der Waals surface area (Å²) in [6, 6.07) is 11.7. The van der Waals surface area contributed by atoms with E-state index in [2.05, 4.69) is 10.2 Å². The zero-order valence-corrected chi connectivity index (χ0v) is 19.5. The maximum absolute atomic E-state index is 13.8. The highest BCUT2D eigenvalue weighted by Gasteiger charge is 2.31. The molecule has 3 aromatic rings. The summed E-state index contributed by atoms with van der Waals surface area (Å²) in [5.41, 5.74) is 4.65. The maximum Gasteiger partial charge on any atom is 0.254 e. The zero-order chi connectivity index (χ0) is 23.5. The number of rotatable bonds is 6. The van der Waals surface area contributed by atoms with Gasteiger partial charge < -0.3 is 14.6 Å². The van der Waals surface area contributed by atoms with Crippen molar-refractivity contribution < 1.29 is 14.0 Å². The molecular formula is C27H30N4O3. The molecule has 5 rings (SSSR count). The number of nitrogens with zero attached hydrogens (tertiary/aromatic N) is 3. The second-order valence-electron chi connectivity index (χ2n) is 8.93. The van der Waals surface area contributed by atoms with Crippen molar-refractivity contribution in [3.63, 3.8) is 0 Å². The second kappa shape index (κ2) is 9.81. The number of aromatic nitrogens is 1. The van der Waals surface area contributed by atoms with Gasteiger partial charge in [0.1, 0.15) is 5.76 Å². The Labute approximate surface area is 199 Å². The third-order valence-electron chi connectivity index (χ3n) is 6.61. The van der Waals surface area contributed by atoms with Gasteiger partial charge in [-0.2, -0.15) is 0 Å². The summed E-state index contributed by atoms with van der Waals surface area (Å²) in [6.07, 6.45) is 6.25. The number of furan rings is 1. The van der Waals surface area contributed by atoms with E-state index in [1.54, 1.807) is 6.26 Å². The van der Waals surface area contributed by atoms with Crippen LogP contribution in [0.1, 0.15) is 47.1 Å². The number of para-hydroxylation sites is 1. The zero-order valence-electron chi connectivity index (χ0n) is 19.5. The van der Waals surface area contributed by atoms with Crippen molar-refractivity contribution in [1.29, 1.82) is 0 Å². The summed E-state index contributed by atoms with van der Waals surface area (Å²) in [5.74, 6) is 0.907. The average molecular weight is 459 g/mol. The number of hydrogen-bond acceptors (Lipinski definition) is 5. The number of allylic oxidation sites excluding steroid dienone is 1. The van der Waals surface area contributed by atoms with Crippen molar-refractivity contribution in [3.8, 4) is 0 Å². The predicted octanol–water partition coefficient (Wildman–Crippen LogP) is 3.60. The minimum atomic E-state index is 0.0513. The van der Waals surface area contributed by atoms with Crippen LogP contribution in [0.2, 0.25) is 0 Å². The highest BCUT2D eigenvalue weighted by atomic mass is 16.3. The fourth-order valence-corrected chi connectivity index (χ4v) is 4.86. The van der Waals surface area contributed by atoms with Crippen molar-refractivity contribution in [2.24, 2.45) is 0 Å². The Balaban J connectivity index is 1.40. The van der Waals surface area contributed by atoms with Gasteiger partial charge in [0, 0.05) is 38.1 Å². The lowest BCUT2D eigenvalue weighted by atomic mass is 9.99. The summed E-state index contributed by atoms with van der Waals surface area (Å²) in [5, 5.41) is 3.84. The van der Waals surface area contributed by atoms with Crippen molar-refractivity contribution >= 4 is 34.4 Å². The number of piperazine rings is 1. The quantitative estimate of drug-likeness (QED) is 0.611. The molecule has 1 saturated heterocycles. The molecule has 1 aliphatic heterocycles. The molecule has 1 N–H and O–H groups in total. The standard InChI is InChI=1S/C27H30N4O3/c1-2-11-28-24(32)18-30-12-14-31(15-13-30)27(33)25-21-7-3-4-8-23(21)29-26-19(9-10-22(25)26)17-20-6-5-16-34-20/h3-8,16-17H,2,9-15,18H2,1H3,(H,28,32)/b19-17-. The number of pyridine rings is 1. The van der Waals surface area contributed by atoms with Crippen LogP contribution >= 0.6 is 0 Å². The number of amides is 2. The van der Waals surface area contributed by atoms with Gasteiger partial charge >= 0.3 is 0 Å². The molecule has 2 aromatic heterocycles. The van der Waals surface area contributed by atoms with Crippen molar-refractivity contribution in [2.75, 3.05) is 39.3 Å². The predicted molar refractivity (Wildman–Crippen MR) is 132 cm³/mol. The highest BCUT2D eigenvalue weighted by molar-refractivity contribution is 6.09. The van der Waals surface area contributed by atoms with E-state index in [0.717, 1.165) is 58.3 Å². The van der Waals surface area contributed by atoms with Crippen LogP contribution in [0.3, 0.4) is 0 Å². The first-order chi connectivity index (χ1) is 16.6. The molecule has 0 unspecified atom stereocenters. The van der Waals surface area contributed by atoms with E-state index in [-0.39, 0.29) is 11.8 Å². The monoisotopic (exact) mass is 458 g/mol. The van der Waals surface area contributed by atoms with Crippen molar-refractivity contribution in [1.82, 2.24) is 20.1 Å². The largest absolute Gasteiger partial charge is 0.465 e. The van der Waals surface area contributed by atoms with Gasteiger partial charge in [-0.05, 0) is 54.7 Å². The minimum Gasteiger partial charge on any atom is -0.465 e. The Kier molecular flexibility index (Phi) is 6.45. The molecule has 1 aliphatic carbocycles. The summed E-state index contributed by atoms with van der Waals surface area (Å²) < 4.78 is 5.52. The molecule has 34 heavy (non-hydrogen) atoms. The Hall–Kier alpha value is -3.45. The molecule has 3 heterocycles. The fourth-order valence-electron chi connectivity index (χ4n) is 4.86. The fraction of sp³-hybridized carbons (Fsp3) is 0.370. The first kappa shape index (κ1) is 22.3. The Morgan fingerprint density at radius 2 is 1.91 bits per heavy atom. The van der Waals surface area contributed by atoms with Crippen molar-refractivity contribution in [2.45, 2.75) is 26.2 Å². The van der Waals surface area contributed by atoms with Gasteiger partial charge in [-0.1, -0.05) is 25.1 Å². The topological polar surface area (TPSA) is 78.7 Å². The summed E-state index contributed by atoms with van der Waals surface area (Å²) in [4.78, 5) is 34.9. The normalized spacial score (nSPS) is 17.3. The van der Waals surface area contributed by atoms with Crippen LogP contribution in [-0.4, -0.2) is 65.9 Å². The Bertz CT molecular complexity index is 1220. The van der Waals surface area contributed by atoms with E-state index in [4.69, 9.17) is 9.40 Å². The van der Waals surface area contributed by atoms with Gasteiger partial charge in [0.15, 0.2) is 0 Å². The van der Waals surface area contributed by atoms with Crippen LogP contribution in [0.4, 0.5) is 0 Å². The van der Waals surface area contributed by atoms with Gasteiger partial charge in [-0.3, -0.25) is 14.5 Å². The van der Waals surface area contributed by atoms with Crippen LogP contribution in [0, 0.1) is 0 Å². The minimum absolute atomic E-state index is 0.0513. The van der Waals surface area contributed by atoms with Gasteiger partial charge in [0.25, 0.3) is 5.91 Å². The molecule has 1 fully saturated rings. The van der Waals surface area contributed by atoms with Crippen LogP contribution in [0.25, 0.3) is 22.6 Å². The second-order valence-corrected chi connectivity index (χ2v) is 8.93. The van der Waals surface area contributed by atoms with Gasteiger partial charge in [0.05, 0.1) is 29.6 Å². The number of nitrogens with one attached hydrogen (secondary N) is 1. The lowest BCUT2D eigenvalue weighted by molar-refractivity contribution is -0.122. The number of benzene rings is 1. The molecule has 0 atom stereocenters. The summed E-state index contributed by atoms with van der Waals surface area (Å²) in [6.45, 7) is 5.74. The molecule has 2 aliphatic rings. The molecule has 7 heteroatoms. The van der Waals surface area contributed by atoms with E-state index in [1.807, 2.05) is 54.3 Å². The smallest absolute Gasteiger partial charge is 0.254 e. The van der Waals surface area contributed by atoms with E-state index in [9.17, 15) is 9.59 Å². The van der Waals surface area contributed by atoms with E-state index in [0.29, 0.717) is 39.3 Å². The Morgan fingerprint density at radius 1 is 1.09 bits per heavy atom. The van der Waals surface area contributed by atoms with Gasteiger partial charge in [-0.15, -0.1) is 0 Å². The SMILES string of the molecule is CCCNC(=O)CN1CCN(C(=O)c2c3c(nc4ccccc24)/C(=C\c2ccco2)CC3)CC1. The van der Waals surface area contributed by atoms with Gasteiger partial charge in [0.2, 0.25) is 5.91 Å². The van der Waals surface area contributed by atoms with E-state index >= 15 is 0 Å². The highest BCUT2D eigenvalue weighted by Crippen LogP contribution is 2.38. The Morgan fingerprint density at radius 3 is 2.68 bits per heavy atom. The molecule has 2 amide bonds. The average Bonchev–Trinajstić information content (AvgIpc) is 3.52. The molecule has 0 radical (unpaired) electrons. The number of fused-ring (bicyclic) bond motifs is 2. The molecule has 0 saturated carbocycles. The van der Waals surface area contributed by atoms with Crippen LogP contribution in [-0.2, 0) is 11.2 Å². The number of hydrogen-bond donors (Lipinski definition) is 1. The van der Waals surface area contributed by atoms with Crippen molar-refractivity contribution in [3.05, 3.63) is 65.2 Å². The summed E-state index contributed by atoms with van der Waals surface area (Å²) in [7, 11) is 0. The van der Waals surface area contributed by atoms with Crippen LogP contribution in [0.15, 0.2) is 47.1 Å². The first-order valence-corrected chi connectivity index (χ1v) is 12.1. The molecule has 176 valence electrons. The number of carbonyl (C=O) groups is 2.